The molecule has 0 aromatic heterocycles. The number of hydrogen-bond donors (Lipinski definition) is 5. The van der Waals surface area contributed by atoms with Crippen LogP contribution >= 0.6 is 0 Å². The molecule has 4 atom stereocenters. The highest BCUT2D eigenvalue weighted by molar-refractivity contribution is 5.68. The minimum Gasteiger partial charge on any atom is -0.397 e. The molecule has 0 amide bonds. The van der Waals surface area contributed by atoms with Crippen LogP contribution in [0.15, 0.2) is 12.1 Å². The topological polar surface area (TPSA) is 108 Å². The summed E-state index contributed by atoms with van der Waals surface area (Å²) in [7, 11) is 0. The summed E-state index contributed by atoms with van der Waals surface area (Å²) < 4.78 is 5.35. The van der Waals surface area contributed by atoms with E-state index in [0.717, 1.165) is 11.1 Å². The van der Waals surface area contributed by atoms with Gasteiger partial charge in [-0.05, 0) is 37.1 Å². The Morgan fingerprint density at radius 2 is 1.84 bits per heavy atom. The highest BCUT2D eigenvalue weighted by Gasteiger charge is 2.42. The van der Waals surface area contributed by atoms with Gasteiger partial charge in [-0.25, -0.2) is 0 Å². The van der Waals surface area contributed by atoms with E-state index in [-0.39, 0.29) is 6.61 Å². The second kappa shape index (κ2) is 5.34. The summed E-state index contributed by atoms with van der Waals surface area (Å²) in [5.74, 6) is 0. The van der Waals surface area contributed by atoms with E-state index in [2.05, 4.69) is 5.32 Å². The van der Waals surface area contributed by atoms with Crippen molar-refractivity contribution < 1.29 is 20.1 Å². The first-order valence-corrected chi connectivity index (χ1v) is 6.19. The van der Waals surface area contributed by atoms with Crippen LogP contribution in [0, 0.1) is 13.8 Å². The zero-order chi connectivity index (χ0) is 14.2. The lowest BCUT2D eigenvalue weighted by Crippen LogP contribution is -2.36. The number of nitrogens with one attached hydrogen (secondary N) is 1. The number of anilines is 2. The zero-order valence-corrected chi connectivity index (χ0v) is 11.0. The molecule has 2 rings (SSSR count). The molecule has 1 heterocycles. The Kier molecular flexibility index (Phi) is 3.96. The molecule has 0 spiro atoms. The smallest absolute Gasteiger partial charge is 0.157 e. The lowest BCUT2D eigenvalue weighted by molar-refractivity contribution is -0.0153. The lowest BCUT2D eigenvalue weighted by atomic mass is 10.1. The van der Waals surface area contributed by atoms with Crippen LogP contribution in [0.3, 0.4) is 0 Å². The number of aliphatic hydroxyl groups is 3. The fourth-order valence-corrected chi connectivity index (χ4v) is 2.14. The zero-order valence-electron chi connectivity index (χ0n) is 11.0. The summed E-state index contributed by atoms with van der Waals surface area (Å²) in [5.41, 5.74) is 9.22. The van der Waals surface area contributed by atoms with E-state index in [1.807, 2.05) is 26.0 Å². The van der Waals surface area contributed by atoms with Crippen LogP contribution in [0.1, 0.15) is 11.1 Å². The third kappa shape index (κ3) is 2.66. The van der Waals surface area contributed by atoms with Crippen molar-refractivity contribution in [2.75, 3.05) is 17.7 Å². The molecule has 1 aliphatic rings. The molecule has 19 heavy (non-hydrogen) atoms. The Morgan fingerprint density at radius 1 is 1.21 bits per heavy atom. The molecule has 0 saturated carbocycles. The number of rotatable bonds is 3. The van der Waals surface area contributed by atoms with Gasteiger partial charge >= 0.3 is 0 Å². The van der Waals surface area contributed by atoms with Gasteiger partial charge < -0.3 is 31.1 Å². The molecule has 0 radical (unpaired) electrons. The van der Waals surface area contributed by atoms with Crippen LogP contribution < -0.4 is 11.1 Å². The van der Waals surface area contributed by atoms with Crippen molar-refractivity contribution in [3.63, 3.8) is 0 Å². The first-order chi connectivity index (χ1) is 8.93. The summed E-state index contributed by atoms with van der Waals surface area (Å²) in [6, 6.07) is 3.69. The number of nitrogen functional groups attached to an aromatic ring is 1. The average Bonchev–Trinajstić information content (AvgIpc) is 2.63. The van der Waals surface area contributed by atoms with E-state index in [0.29, 0.717) is 11.4 Å². The summed E-state index contributed by atoms with van der Waals surface area (Å²) >= 11 is 0. The summed E-state index contributed by atoms with van der Waals surface area (Å²) in [4.78, 5) is 0. The van der Waals surface area contributed by atoms with Crippen LogP contribution in [0.25, 0.3) is 0 Å². The molecule has 106 valence electrons. The Hall–Kier alpha value is -1.34. The predicted octanol–water partition coefficient (Wildman–Crippen LogP) is -0.263. The quantitative estimate of drug-likeness (QED) is 0.483. The van der Waals surface area contributed by atoms with Crippen LogP contribution in [-0.4, -0.2) is 46.5 Å². The Balaban J connectivity index is 2.16. The van der Waals surface area contributed by atoms with Crippen LogP contribution in [0.4, 0.5) is 11.4 Å². The summed E-state index contributed by atoms with van der Waals surface area (Å²) in [6.45, 7) is 3.57. The summed E-state index contributed by atoms with van der Waals surface area (Å²) in [5, 5.41) is 31.5. The maximum Gasteiger partial charge on any atom is 0.157 e. The highest BCUT2D eigenvalue weighted by atomic mass is 16.6. The molecule has 1 saturated heterocycles. The number of aliphatic hydroxyl groups excluding tert-OH is 3. The molecular formula is C13H20N2O4. The van der Waals surface area contributed by atoms with E-state index in [1.54, 1.807) is 0 Å². The molecule has 6 nitrogen and oxygen atoms in total. The van der Waals surface area contributed by atoms with E-state index in [4.69, 9.17) is 15.6 Å². The van der Waals surface area contributed by atoms with Crippen molar-refractivity contribution >= 4 is 11.4 Å². The van der Waals surface area contributed by atoms with E-state index in [9.17, 15) is 10.2 Å². The van der Waals surface area contributed by atoms with Gasteiger partial charge in [0.25, 0.3) is 0 Å². The highest BCUT2D eigenvalue weighted by Crippen LogP contribution is 2.28. The average molecular weight is 268 g/mol. The van der Waals surface area contributed by atoms with Gasteiger partial charge in [-0.15, -0.1) is 0 Å². The predicted molar refractivity (Wildman–Crippen MR) is 71.7 cm³/mol. The van der Waals surface area contributed by atoms with Crippen molar-refractivity contribution in [3.8, 4) is 0 Å². The van der Waals surface area contributed by atoms with Crippen molar-refractivity contribution in [2.24, 2.45) is 0 Å². The number of ether oxygens (including phenoxy) is 1. The number of nitrogens with two attached hydrogens (primary N) is 1. The van der Waals surface area contributed by atoms with Gasteiger partial charge in [0.05, 0.1) is 18.0 Å². The second-order valence-corrected chi connectivity index (χ2v) is 4.93. The number of benzene rings is 1. The largest absolute Gasteiger partial charge is 0.397 e. The number of aryl methyl sites for hydroxylation is 2. The molecule has 1 aliphatic heterocycles. The molecule has 6 heteroatoms. The van der Waals surface area contributed by atoms with Crippen molar-refractivity contribution in [3.05, 3.63) is 23.3 Å². The van der Waals surface area contributed by atoms with Gasteiger partial charge in [0, 0.05) is 0 Å². The van der Waals surface area contributed by atoms with Crippen molar-refractivity contribution in [1.29, 1.82) is 0 Å². The van der Waals surface area contributed by atoms with Gasteiger partial charge in [-0.2, -0.15) is 0 Å². The number of hydrogen-bond acceptors (Lipinski definition) is 6. The van der Waals surface area contributed by atoms with Gasteiger partial charge in [-0.3, -0.25) is 0 Å². The Labute approximate surface area is 111 Å². The maximum absolute atomic E-state index is 9.85. The van der Waals surface area contributed by atoms with Crippen LogP contribution in [0.5, 0.6) is 0 Å². The van der Waals surface area contributed by atoms with Gasteiger partial charge in [0.1, 0.15) is 18.3 Å². The normalized spacial score (nSPS) is 30.6. The fourth-order valence-electron chi connectivity index (χ4n) is 2.14. The van der Waals surface area contributed by atoms with E-state index >= 15 is 0 Å². The van der Waals surface area contributed by atoms with Crippen molar-refractivity contribution in [2.45, 2.75) is 38.4 Å². The molecule has 0 aliphatic carbocycles. The Bertz CT molecular complexity index is 466. The molecule has 6 N–H and O–H groups in total. The van der Waals surface area contributed by atoms with E-state index in [1.165, 1.54) is 0 Å². The van der Waals surface area contributed by atoms with Gasteiger partial charge in [0.15, 0.2) is 6.23 Å². The van der Waals surface area contributed by atoms with E-state index < -0.39 is 24.5 Å². The monoisotopic (exact) mass is 268 g/mol. The molecule has 1 aromatic rings. The third-order valence-corrected chi connectivity index (χ3v) is 3.51. The summed E-state index contributed by atoms with van der Waals surface area (Å²) in [6.07, 6.45) is -3.81. The first kappa shape index (κ1) is 14.1. The first-order valence-electron chi connectivity index (χ1n) is 6.19. The minimum atomic E-state index is -1.12. The Morgan fingerprint density at radius 3 is 2.42 bits per heavy atom. The standard InChI is InChI=1S/C13H20N2O4/c1-6-3-8(14)9(4-7(6)2)15-13-12(18)11(17)10(5-16)19-13/h3-4,10-13,15-18H,5,14H2,1-2H3/t10-,11-,12-,13?/m1/s1. The molecular weight excluding hydrogens is 248 g/mol. The van der Waals surface area contributed by atoms with Gasteiger partial charge in [0.2, 0.25) is 0 Å². The van der Waals surface area contributed by atoms with Gasteiger partial charge in [-0.1, -0.05) is 0 Å². The van der Waals surface area contributed by atoms with Crippen molar-refractivity contribution in [1.82, 2.24) is 0 Å². The molecule has 1 unspecified atom stereocenters. The van der Waals surface area contributed by atoms with Crippen LogP contribution in [-0.2, 0) is 4.74 Å². The lowest BCUT2D eigenvalue weighted by Gasteiger charge is -2.20. The molecule has 1 aromatic carbocycles. The van der Waals surface area contributed by atoms with Crippen LogP contribution in [0.2, 0.25) is 0 Å². The molecule has 0 bridgehead atoms. The fraction of sp³-hybridized carbons (Fsp3) is 0.538. The maximum atomic E-state index is 9.85. The minimum absolute atomic E-state index is 0.348. The SMILES string of the molecule is Cc1cc(N)c(NC2O[C@H](CO)[C@@H](O)[C@H]2O)cc1C. The third-order valence-electron chi connectivity index (χ3n) is 3.51. The second-order valence-electron chi connectivity index (χ2n) is 4.93. The molecule has 1 fully saturated rings.